The number of rotatable bonds is 9. The Bertz CT molecular complexity index is 1290. The first-order chi connectivity index (χ1) is 16.6. The zero-order chi connectivity index (χ0) is 23.8. The van der Waals surface area contributed by atoms with Crippen LogP contribution in [0, 0.1) is 0 Å². The maximum Gasteiger partial charge on any atom is 0.269 e. The van der Waals surface area contributed by atoms with E-state index >= 15 is 0 Å². The third-order valence-corrected chi connectivity index (χ3v) is 5.21. The van der Waals surface area contributed by atoms with Gasteiger partial charge in [0.05, 0.1) is 5.56 Å². The van der Waals surface area contributed by atoms with Crippen molar-refractivity contribution in [2.45, 2.75) is 13.0 Å². The van der Waals surface area contributed by atoms with E-state index in [1.165, 1.54) is 0 Å². The van der Waals surface area contributed by atoms with Gasteiger partial charge in [0, 0.05) is 43.2 Å². The van der Waals surface area contributed by atoms with E-state index in [9.17, 15) is 9.59 Å². The van der Waals surface area contributed by atoms with E-state index in [0.29, 0.717) is 42.3 Å². The average Bonchev–Trinajstić information content (AvgIpc) is 2.88. The molecule has 0 saturated carbocycles. The van der Waals surface area contributed by atoms with Crippen LogP contribution in [-0.2, 0) is 6.54 Å². The second-order valence-electron chi connectivity index (χ2n) is 7.65. The van der Waals surface area contributed by atoms with E-state index < -0.39 is 0 Å². The molecule has 0 aliphatic carbocycles. The van der Waals surface area contributed by atoms with Crippen molar-refractivity contribution in [3.63, 3.8) is 0 Å². The molecule has 4 aromatic rings. The molecule has 2 amide bonds. The number of amides is 2. The summed E-state index contributed by atoms with van der Waals surface area (Å²) in [6.45, 7) is 0.850. The lowest BCUT2D eigenvalue weighted by molar-refractivity contribution is 0.0945. The summed E-state index contributed by atoms with van der Waals surface area (Å²) in [5, 5.41) is 19.6. The molecular formula is C26H25N5O3. The predicted octanol–water partition coefficient (Wildman–Crippen LogP) is 3.61. The Kier molecular flexibility index (Phi) is 7.42. The molecular weight excluding hydrogens is 430 g/mol. The minimum atomic E-state index is -0.280. The van der Waals surface area contributed by atoms with Crippen molar-refractivity contribution < 1.29 is 14.7 Å². The molecule has 0 aliphatic heterocycles. The van der Waals surface area contributed by atoms with Crippen LogP contribution in [0.15, 0.2) is 79.1 Å². The molecule has 4 N–H and O–H groups in total. The summed E-state index contributed by atoms with van der Waals surface area (Å²) in [7, 11) is 0. The SMILES string of the molecule is O=C(NCCCO)c1ccc(CNc2ccccc2C(=O)Nc2cc3ccccc3cn2)cn1. The van der Waals surface area contributed by atoms with Crippen LogP contribution in [0.2, 0.25) is 0 Å². The molecule has 0 radical (unpaired) electrons. The molecule has 0 unspecified atom stereocenters. The third-order valence-electron chi connectivity index (χ3n) is 5.21. The lowest BCUT2D eigenvalue weighted by Crippen LogP contribution is -2.25. The van der Waals surface area contributed by atoms with Crippen LogP contribution in [0.3, 0.4) is 0 Å². The molecule has 4 rings (SSSR count). The third kappa shape index (κ3) is 5.73. The first-order valence-corrected chi connectivity index (χ1v) is 11.0. The number of hydrogen-bond acceptors (Lipinski definition) is 6. The van der Waals surface area contributed by atoms with Gasteiger partial charge in [-0.15, -0.1) is 0 Å². The van der Waals surface area contributed by atoms with Gasteiger partial charge in [-0.2, -0.15) is 0 Å². The number of aliphatic hydroxyl groups excluding tert-OH is 1. The summed E-state index contributed by atoms with van der Waals surface area (Å²) in [6, 6.07) is 20.4. The maximum atomic E-state index is 12.9. The molecule has 0 spiro atoms. The van der Waals surface area contributed by atoms with Crippen LogP contribution in [0.5, 0.6) is 0 Å². The number of anilines is 2. The highest BCUT2D eigenvalue weighted by atomic mass is 16.3. The number of nitrogens with one attached hydrogen (secondary N) is 3. The molecule has 8 heteroatoms. The Hall–Kier alpha value is -4.30. The van der Waals surface area contributed by atoms with E-state index in [0.717, 1.165) is 16.3 Å². The van der Waals surface area contributed by atoms with E-state index in [-0.39, 0.29) is 18.4 Å². The van der Waals surface area contributed by atoms with E-state index in [1.807, 2.05) is 48.5 Å². The van der Waals surface area contributed by atoms with Crippen molar-refractivity contribution in [2.24, 2.45) is 0 Å². The summed E-state index contributed by atoms with van der Waals surface area (Å²) < 4.78 is 0. The summed E-state index contributed by atoms with van der Waals surface area (Å²) in [4.78, 5) is 33.5. The van der Waals surface area contributed by atoms with E-state index in [1.54, 1.807) is 30.6 Å². The minimum Gasteiger partial charge on any atom is -0.396 e. The highest BCUT2D eigenvalue weighted by Crippen LogP contribution is 2.20. The monoisotopic (exact) mass is 455 g/mol. The van der Waals surface area contributed by atoms with Crippen LogP contribution < -0.4 is 16.0 Å². The normalized spacial score (nSPS) is 10.6. The quantitative estimate of drug-likeness (QED) is 0.287. The first kappa shape index (κ1) is 22.9. The van der Waals surface area contributed by atoms with Gasteiger partial charge in [0.2, 0.25) is 0 Å². The Labute approximate surface area is 197 Å². The number of benzene rings is 2. The number of para-hydroxylation sites is 1. The molecule has 34 heavy (non-hydrogen) atoms. The summed E-state index contributed by atoms with van der Waals surface area (Å²) in [6.07, 6.45) is 3.85. The van der Waals surface area contributed by atoms with Crippen LogP contribution in [0.25, 0.3) is 10.8 Å². The first-order valence-electron chi connectivity index (χ1n) is 11.0. The molecule has 2 aromatic heterocycles. The van der Waals surface area contributed by atoms with Crippen molar-refractivity contribution in [1.82, 2.24) is 15.3 Å². The van der Waals surface area contributed by atoms with E-state index in [4.69, 9.17) is 5.11 Å². The summed E-state index contributed by atoms with van der Waals surface area (Å²) >= 11 is 0. The van der Waals surface area contributed by atoms with Gasteiger partial charge in [-0.3, -0.25) is 14.6 Å². The van der Waals surface area contributed by atoms with Crippen LogP contribution in [-0.4, -0.2) is 40.0 Å². The molecule has 0 bridgehead atoms. The molecule has 0 saturated heterocycles. The molecule has 8 nitrogen and oxygen atoms in total. The van der Waals surface area contributed by atoms with Crippen molar-refractivity contribution in [1.29, 1.82) is 0 Å². The van der Waals surface area contributed by atoms with Gasteiger partial charge in [-0.05, 0) is 41.6 Å². The lowest BCUT2D eigenvalue weighted by atomic mass is 10.1. The number of pyridine rings is 2. The number of aliphatic hydroxyl groups is 1. The van der Waals surface area contributed by atoms with Gasteiger partial charge in [0.25, 0.3) is 11.8 Å². The Morgan fingerprint density at radius 3 is 2.44 bits per heavy atom. The average molecular weight is 456 g/mol. The molecule has 0 aliphatic rings. The number of carbonyl (C=O) groups is 2. The van der Waals surface area contributed by atoms with Gasteiger partial charge >= 0.3 is 0 Å². The molecule has 0 atom stereocenters. The zero-order valence-corrected chi connectivity index (χ0v) is 18.5. The van der Waals surface area contributed by atoms with Gasteiger partial charge in [-0.1, -0.05) is 42.5 Å². The number of carbonyl (C=O) groups excluding carboxylic acids is 2. The van der Waals surface area contributed by atoms with Crippen molar-refractivity contribution in [3.8, 4) is 0 Å². The van der Waals surface area contributed by atoms with Gasteiger partial charge in [0.15, 0.2) is 0 Å². The second kappa shape index (κ2) is 11.0. The van der Waals surface area contributed by atoms with Gasteiger partial charge < -0.3 is 21.1 Å². The summed E-state index contributed by atoms with van der Waals surface area (Å²) in [5.74, 6) is -0.0632. The number of aromatic nitrogens is 2. The summed E-state index contributed by atoms with van der Waals surface area (Å²) in [5.41, 5.74) is 2.33. The lowest BCUT2D eigenvalue weighted by Gasteiger charge is -2.12. The van der Waals surface area contributed by atoms with Crippen molar-refractivity contribution in [3.05, 3.63) is 95.9 Å². The molecule has 2 aromatic carbocycles. The van der Waals surface area contributed by atoms with Crippen LogP contribution >= 0.6 is 0 Å². The topological polar surface area (TPSA) is 116 Å². The number of fused-ring (bicyclic) bond motifs is 1. The predicted molar refractivity (Wildman–Crippen MR) is 132 cm³/mol. The van der Waals surface area contributed by atoms with Gasteiger partial charge in [-0.25, -0.2) is 4.98 Å². The van der Waals surface area contributed by atoms with Crippen LogP contribution in [0.4, 0.5) is 11.5 Å². The molecule has 172 valence electrons. The standard InChI is InChI=1S/C26H25N5O3/c32-13-5-12-27-26(34)23-11-10-18(16-29-23)15-28-22-9-4-3-8-21(22)25(33)31-24-14-19-6-1-2-7-20(19)17-30-24/h1-4,6-11,14,16-17,28,32H,5,12-13,15H2,(H,27,34)(H,30,31,33). The van der Waals surface area contributed by atoms with Crippen molar-refractivity contribution >= 4 is 34.1 Å². The molecule has 0 fully saturated rings. The van der Waals surface area contributed by atoms with Gasteiger partial charge in [0.1, 0.15) is 11.5 Å². The minimum absolute atomic E-state index is 0.0244. The Balaban J connectivity index is 1.40. The second-order valence-corrected chi connectivity index (χ2v) is 7.65. The smallest absolute Gasteiger partial charge is 0.269 e. The van der Waals surface area contributed by atoms with Crippen LogP contribution in [0.1, 0.15) is 32.8 Å². The Morgan fingerprint density at radius 1 is 0.853 bits per heavy atom. The highest BCUT2D eigenvalue weighted by molar-refractivity contribution is 6.08. The Morgan fingerprint density at radius 2 is 1.65 bits per heavy atom. The fraction of sp³-hybridized carbons (Fsp3) is 0.154. The molecule has 2 heterocycles. The zero-order valence-electron chi connectivity index (χ0n) is 18.5. The number of nitrogens with zero attached hydrogens (tertiary/aromatic N) is 2. The fourth-order valence-electron chi connectivity index (χ4n) is 3.40. The fourth-order valence-corrected chi connectivity index (χ4v) is 3.40. The van der Waals surface area contributed by atoms with E-state index in [2.05, 4.69) is 25.9 Å². The van der Waals surface area contributed by atoms with Crippen molar-refractivity contribution in [2.75, 3.05) is 23.8 Å². The number of hydrogen-bond donors (Lipinski definition) is 4. The largest absolute Gasteiger partial charge is 0.396 e. The highest BCUT2D eigenvalue weighted by Gasteiger charge is 2.12. The maximum absolute atomic E-state index is 12.9.